The highest BCUT2D eigenvalue weighted by Crippen LogP contribution is 2.26. The van der Waals surface area contributed by atoms with E-state index in [-0.39, 0.29) is 0 Å². The molecule has 0 aliphatic carbocycles. The molecule has 88 valence electrons. The van der Waals surface area contributed by atoms with Crippen molar-refractivity contribution in [3.05, 3.63) is 0 Å². The Bertz CT molecular complexity index is 193. The Balaban J connectivity index is 1.85. The highest BCUT2D eigenvalue weighted by atomic mass is 15.2. The van der Waals surface area contributed by atoms with E-state index in [9.17, 15) is 0 Å². The van der Waals surface area contributed by atoms with Crippen molar-refractivity contribution in [1.82, 2.24) is 10.2 Å². The summed E-state index contributed by atoms with van der Waals surface area (Å²) in [6, 6.07) is 1.64. The van der Waals surface area contributed by atoms with Crippen LogP contribution in [0.1, 0.15) is 46.0 Å². The van der Waals surface area contributed by atoms with Crippen LogP contribution < -0.4 is 5.32 Å². The van der Waals surface area contributed by atoms with Crippen LogP contribution in [0.5, 0.6) is 0 Å². The molecule has 2 heteroatoms. The van der Waals surface area contributed by atoms with Crippen LogP contribution in [0.2, 0.25) is 0 Å². The molecule has 0 aromatic heterocycles. The molecule has 2 aliphatic rings. The predicted molar refractivity (Wildman–Crippen MR) is 65.1 cm³/mol. The van der Waals surface area contributed by atoms with Gasteiger partial charge in [-0.2, -0.15) is 0 Å². The van der Waals surface area contributed by atoms with Crippen LogP contribution in [0.15, 0.2) is 0 Å². The zero-order valence-electron chi connectivity index (χ0n) is 10.3. The number of likely N-dealkylation sites (tertiary alicyclic amines) is 1. The molecule has 0 aromatic rings. The summed E-state index contributed by atoms with van der Waals surface area (Å²) in [5, 5.41) is 3.69. The maximum atomic E-state index is 3.69. The van der Waals surface area contributed by atoms with Gasteiger partial charge in [-0.1, -0.05) is 13.3 Å². The molecule has 0 bridgehead atoms. The standard InChI is InChI=1S/C13H26N2/c1-3-5-11(2)15-9-7-13-12(10-15)6-4-8-14-13/h11-14H,3-10H2,1-2H3. The summed E-state index contributed by atoms with van der Waals surface area (Å²) in [4.78, 5) is 2.72. The Kier molecular flexibility index (Phi) is 4.04. The Hall–Kier alpha value is -0.0800. The van der Waals surface area contributed by atoms with Gasteiger partial charge in [0.1, 0.15) is 0 Å². The quantitative estimate of drug-likeness (QED) is 0.768. The topological polar surface area (TPSA) is 15.3 Å². The van der Waals surface area contributed by atoms with Gasteiger partial charge in [0.05, 0.1) is 0 Å². The van der Waals surface area contributed by atoms with E-state index in [0.717, 1.165) is 18.0 Å². The Labute approximate surface area is 94.4 Å². The highest BCUT2D eigenvalue weighted by molar-refractivity contribution is 4.89. The summed E-state index contributed by atoms with van der Waals surface area (Å²) >= 11 is 0. The van der Waals surface area contributed by atoms with Crippen LogP contribution in [0.4, 0.5) is 0 Å². The van der Waals surface area contributed by atoms with Crippen LogP contribution in [0.25, 0.3) is 0 Å². The third-order valence-corrected chi connectivity index (χ3v) is 4.25. The van der Waals surface area contributed by atoms with Crippen molar-refractivity contribution < 1.29 is 0 Å². The van der Waals surface area contributed by atoms with Gasteiger partial charge < -0.3 is 10.2 Å². The summed E-state index contributed by atoms with van der Waals surface area (Å²) in [5.74, 6) is 0.937. The number of piperidine rings is 2. The molecule has 2 nitrogen and oxygen atoms in total. The molecule has 2 heterocycles. The first kappa shape index (κ1) is 11.4. The zero-order chi connectivity index (χ0) is 10.7. The highest BCUT2D eigenvalue weighted by Gasteiger charge is 2.32. The fourth-order valence-electron chi connectivity index (χ4n) is 3.27. The number of nitrogens with zero attached hydrogens (tertiary/aromatic N) is 1. The van der Waals surface area contributed by atoms with Crippen LogP contribution in [-0.4, -0.2) is 36.6 Å². The van der Waals surface area contributed by atoms with E-state index in [0.29, 0.717) is 0 Å². The van der Waals surface area contributed by atoms with E-state index in [1.54, 1.807) is 0 Å². The molecule has 2 fully saturated rings. The largest absolute Gasteiger partial charge is 0.314 e. The normalized spacial score (nSPS) is 34.8. The first-order chi connectivity index (χ1) is 7.31. The van der Waals surface area contributed by atoms with Crippen LogP contribution in [0.3, 0.4) is 0 Å². The minimum atomic E-state index is 0.804. The van der Waals surface area contributed by atoms with Gasteiger partial charge in [0.2, 0.25) is 0 Å². The first-order valence-electron chi connectivity index (χ1n) is 6.78. The second-order valence-electron chi connectivity index (χ2n) is 5.38. The van der Waals surface area contributed by atoms with E-state index in [1.807, 2.05) is 0 Å². The van der Waals surface area contributed by atoms with E-state index in [2.05, 4.69) is 24.1 Å². The minimum Gasteiger partial charge on any atom is -0.314 e. The fourth-order valence-corrected chi connectivity index (χ4v) is 3.27. The molecule has 1 N–H and O–H groups in total. The molecule has 0 radical (unpaired) electrons. The van der Waals surface area contributed by atoms with Crippen molar-refractivity contribution >= 4 is 0 Å². The molecular formula is C13H26N2. The third kappa shape index (κ3) is 2.73. The van der Waals surface area contributed by atoms with Crippen LogP contribution in [-0.2, 0) is 0 Å². The van der Waals surface area contributed by atoms with Gasteiger partial charge in [0.25, 0.3) is 0 Å². The summed E-state index contributed by atoms with van der Waals surface area (Å²) in [7, 11) is 0. The summed E-state index contributed by atoms with van der Waals surface area (Å²) in [6.45, 7) is 8.62. The number of fused-ring (bicyclic) bond motifs is 1. The molecule has 2 aliphatic heterocycles. The van der Waals surface area contributed by atoms with E-state index in [4.69, 9.17) is 0 Å². The molecule has 3 unspecified atom stereocenters. The molecule has 2 saturated heterocycles. The van der Waals surface area contributed by atoms with Crippen LogP contribution >= 0.6 is 0 Å². The maximum absolute atomic E-state index is 3.69. The van der Waals surface area contributed by atoms with Gasteiger partial charge in [0, 0.05) is 18.6 Å². The third-order valence-electron chi connectivity index (χ3n) is 4.25. The van der Waals surface area contributed by atoms with Crippen molar-refractivity contribution in [3.8, 4) is 0 Å². The van der Waals surface area contributed by atoms with Gasteiger partial charge in [0.15, 0.2) is 0 Å². The molecule has 0 spiro atoms. The van der Waals surface area contributed by atoms with E-state index < -0.39 is 0 Å². The number of hydrogen-bond donors (Lipinski definition) is 1. The lowest BCUT2D eigenvalue weighted by atomic mass is 9.85. The molecule has 0 aromatic carbocycles. The van der Waals surface area contributed by atoms with E-state index in [1.165, 1.54) is 51.7 Å². The average molecular weight is 210 g/mol. The smallest absolute Gasteiger partial charge is 0.0120 e. The Morgan fingerprint density at radius 1 is 1.40 bits per heavy atom. The second kappa shape index (κ2) is 5.31. The molecule has 2 rings (SSSR count). The second-order valence-corrected chi connectivity index (χ2v) is 5.38. The van der Waals surface area contributed by atoms with Gasteiger partial charge in [-0.25, -0.2) is 0 Å². The summed E-state index contributed by atoms with van der Waals surface area (Å²) in [6.07, 6.45) is 6.90. The van der Waals surface area contributed by atoms with Gasteiger partial charge in [-0.3, -0.25) is 0 Å². The summed E-state index contributed by atoms with van der Waals surface area (Å²) < 4.78 is 0. The number of nitrogens with one attached hydrogen (secondary N) is 1. The maximum Gasteiger partial charge on any atom is 0.0120 e. The van der Waals surface area contributed by atoms with Gasteiger partial charge in [-0.15, -0.1) is 0 Å². The zero-order valence-corrected chi connectivity index (χ0v) is 10.3. The van der Waals surface area contributed by atoms with E-state index >= 15 is 0 Å². The molecule has 3 atom stereocenters. The predicted octanol–water partition coefficient (Wildman–Crippen LogP) is 2.25. The summed E-state index contributed by atoms with van der Waals surface area (Å²) in [5.41, 5.74) is 0. The Morgan fingerprint density at radius 2 is 2.27 bits per heavy atom. The van der Waals surface area contributed by atoms with Crippen molar-refractivity contribution in [2.75, 3.05) is 19.6 Å². The Morgan fingerprint density at radius 3 is 3.07 bits per heavy atom. The van der Waals surface area contributed by atoms with Crippen molar-refractivity contribution in [2.24, 2.45) is 5.92 Å². The lowest BCUT2D eigenvalue weighted by Crippen LogP contribution is -2.53. The monoisotopic (exact) mass is 210 g/mol. The van der Waals surface area contributed by atoms with Gasteiger partial charge in [-0.05, 0) is 51.6 Å². The van der Waals surface area contributed by atoms with Crippen molar-refractivity contribution in [2.45, 2.75) is 58.0 Å². The fraction of sp³-hybridized carbons (Fsp3) is 1.00. The molecule has 0 saturated carbocycles. The van der Waals surface area contributed by atoms with Crippen LogP contribution in [0, 0.1) is 5.92 Å². The number of rotatable bonds is 3. The molecular weight excluding hydrogens is 184 g/mol. The minimum absolute atomic E-state index is 0.804. The lowest BCUT2D eigenvalue weighted by molar-refractivity contribution is 0.0816. The van der Waals surface area contributed by atoms with Gasteiger partial charge >= 0.3 is 0 Å². The SMILES string of the molecule is CCCC(C)N1CCC2NCCCC2C1. The molecule has 0 amide bonds. The van der Waals surface area contributed by atoms with Crippen molar-refractivity contribution in [1.29, 1.82) is 0 Å². The van der Waals surface area contributed by atoms with Crippen molar-refractivity contribution in [3.63, 3.8) is 0 Å². The molecule has 15 heavy (non-hydrogen) atoms. The number of hydrogen-bond acceptors (Lipinski definition) is 2. The first-order valence-corrected chi connectivity index (χ1v) is 6.78. The average Bonchev–Trinajstić information content (AvgIpc) is 2.29. The lowest BCUT2D eigenvalue weighted by Gasteiger charge is -2.44.